The fraction of sp³-hybridized carbons (Fsp3) is 0.238. The van der Waals surface area contributed by atoms with Crippen LogP contribution in [0.2, 0.25) is 0 Å². The minimum Gasteiger partial charge on any atom is -0.497 e. The van der Waals surface area contributed by atoms with Crippen LogP contribution in [-0.4, -0.2) is 21.3 Å². The largest absolute Gasteiger partial charge is 0.497 e. The third-order valence-corrected chi connectivity index (χ3v) is 4.73. The summed E-state index contributed by atoms with van der Waals surface area (Å²) in [5, 5.41) is 2.32. The fourth-order valence-electron chi connectivity index (χ4n) is 3.48. The van der Waals surface area contributed by atoms with Gasteiger partial charge in [-0.2, -0.15) is 0 Å². The SMILES string of the molecule is COc1ccc2cc3c(c(-c4ccc(OC)c(OC)c4)c2c1)COC3. The molecule has 0 amide bonds. The van der Waals surface area contributed by atoms with E-state index in [1.165, 1.54) is 22.1 Å². The molecule has 0 aromatic heterocycles. The lowest BCUT2D eigenvalue weighted by molar-refractivity contribution is 0.134. The molecular weight excluding hydrogens is 316 g/mol. The van der Waals surface area contributed by atoms with Gasteiger partial charge in [0.25, 0.3) is 0 Å². The maximum absolute atomic E-state index is 5.72. The number of hydrogen-bond acceptors (Lipinski definition) is 4. The molecule has 0 unspecified atom stereocenters. The molecule has 4 rings (SSSR count). The summed E-state index contributed by atoms with van der Waals surface area (Å²) in [7, 11) is 4.99. The molecule has 0 aliphatic carbocycles. The summed E-state index contributed by atoms with van der Waals surface area (Å²) in [6, 6.07) is 14.4. The molecule has 0 saturated carbocycles. The van der Waals surface area contributed by atoms with Crippen LogP contribution in [0.4, 0.5) is 0 Å². The van der Waals surface area contributed by atoms with Crippen molar-refractivity contribution in [3.63, 3.8) is 0 Å². The number of methoxy groups -OCH3 is 3. The van der Waals surface area contributed by atoms with Gasteiger partial charge >= 0.3 is 0 Å². The van der Waals surface area contributed by atoms with Crippen LogP contribution in [0.3, 0.4) is 0 Å². The predicted molar refractivity (Wildman–Crippen MR) is 97.5 cm³/mol. The van der Waals surface area contributed by atoms with Gasteiger partial charge in [0.2, 0.25) is 0 Å². The summed E-state index contributed by atoms with van der Waals surface area (Å²) in [6.45, 7) is 1.27. The quantitative estimate of drug-likeness (QED) is 0.700. The molecule has 1 aliphatic heterocycles. The van der Waals surface area contributed by atoms with Crippen LogP contribution in [0.15, 0.2) is 42.5 Å². The number of ether oxygens (including phenoxy) is 4. The van der Waals surface area contributed by atoms with Crippen LogP contribution < -0.4 is 14.2 Å². The summed E-state index contributed by atoms with van der Waals surface area (Å²) in [5.41, 5.74) is 4.72. The van der Waals surface area contributed by atoms with Crippen molar-refractivity contribution in [2.45, 2.75) is 13.2 Å². The number of rotatable bonds is 4. The van der Waals surface area contributed by atoms with E-state index < -0.39 is 0 Å². The third-order valence-electron chi connectivity index (χ3n) is 4.73. The lowest BCUT2D eigenvalue weighted by atomic mass is 9.90. The van der Waals surface area contributed by atoms with Crippen molar-refractivity contribution in [2.75, 3.05) is 21.3 Å². The molecule has 0 radical (unpaired) electrons. The first-order valence-electron chi connectivity index (χ1n) is 8.17. The van der Waals surface area contributed by atoms with E-state index in [-0.39, 0.29) is 0 Å². The molecule has 0 N–H and O–H groups in total. The molecule has 1 aliphatic rings. The predicted octanol–water partition coefficient (Wildman–Crippen LogP) is 4.56. The molecule has 3 aromatic rings. The summed E-state index contributed by atoms with van der Waals surface area (Å²) < 4.78 is 22.0. The zero-order chi connectivity index (χ0) is 17.4. The van der Waals surface area contributed by atoms with E-state index in [1.54, 1.807) is 21.3 Å². The third kappa shape index (κ3) is 2.59. The van der Waals surface area contributed by atoms with Crippen molar-refractivity contribution >= 4 is 10.8 Å². The average Bonchev–Trinajstić information content (AvgIpc) is 3.13. The molecule has 25 heavy (non-hydrogen) atoms. The Balaban J connectivity index is 2.02. The van der Waals surface area contributed by atoms with Gasteiger partial charge in [-0.05, 0) is 63.4 Å². The lowest BCUT2D eigenvalue weighted by Crippen LogP contribution is -1.95. The molecule has 3 aromatic carbocycles. The van der Waals surface area contributed by atoms with Crippen molar-refractivity contribution in [3.8, 4) is 28.4 Å². The first-order chi connectivity index (χ1) is 12.2. The lowest BCUT2D eigenvalue weighted by Gasteiger charge is -2.15. The van der Waals surface area contributed by atoms with E-state index in [0.29, 0.717) is 19.0 Å². The van der Waals surface area contributed by atoms with Gasteiger partial charge in [-0.25, -0.2) is 0 Å². The van der Waals surface area contributed by atoms with E-state index in [1.807, 2.05) is 18.2 Å². The summed E-state index contributed by atoms with van der Waals surface area (Å²) in [5.74, 6) is 2.28. The van der Waals surface area contributed by atoms with E-state index in [0.717, 1.165) is 22.4 Å². The van der Waals surface area contributed by atoms with Crippen LogP contribution in [0, 0.1) is 0 Å². The molecule has 0 spiro atoms. The summed E-state index contributed by atoms with van der Waals surface area (Å²) in [4.78, 5) is 0. The zero-order valence-corrected chi connectivity index (χ0v) is 14.6. The highest BCUT2D eigenvalue weighted by Gasteiger charge is 2.21. The molecule has 0 bridgehead atoms. The Morgan fingerprint density at radius 3 is 2.40 bits per heavy atom. The maximum atomic E-state index is 5.72. The first-order valence-corrected chi connectivity index (χ1v) is 8.17. The first kappa shape index (κ1) is 15.8. The van der Waals surface area contributed by atoms with Gasteiger partial charge in [-0.3, -0.25) is 0 Å². The molecule has 0 saturated heterocycles. The Morgan fingerprint density at radius 2 is 1.64 bits per heavy atom. The Bertz CT molecular complexity index is 946. The van der Waals surface area contributed by atoms with Crippen molar-refractivity contribution in [3.05, 3.63) is 53.6 Å². The van der Waals surface area contributed by atoms with E-state index in [9.17, 15) is 0 Å². The standard InChI is InChI=1S/C21H20O4/c1-22-16-6-4-13-8-15-11-25-12-18(15)21(17(13)10-16)14-5-7-19(23-2)20(9-14)24-3/h4-10H,11-12H2,1-3H3. The van der Waals surface area contributed by atoms with Gasteiger partial charge < -0.3 is 18.9 Å². The second-order valence-electron chi connectivity index (χ2n) is 6.04. The van der Waals surface area contributed by atoms with Crippen LogP contribution in [0.25, 0.3) is 21.9 Å². The highest BCUT2D eigenvalue weighted by molar-refractivity contribution is 6.00. The number of benzene rings is 3. The van der Waals surface area contributed by atoms with Gasteiger partial charge in [0.05, 0.1) is 34.5 Å². The second-order valence-corrected chi connectivity index (χ2v) is 6.04. The highest BCUT2D eigenvalue weighted by atomic mass is 16.5. The fourth-order valence-corrected chi connectivity index (χ4v) is 3.48. The molecule has 4 heteroatoms. The van der Waals surface area contributed by atoms with Crippen LogP contribution in [0.5, 0.6) is 17.2 Å². The molecule has 0 fully saturated rings. The van der Waals surface area contributed by atoms with Gasteiger partial charge in [0, 0.05) is 0 Å². The number of hydrogen-bond donors (Lipinski definition) is 0. The Hall–Kier alpha value is -2.72. The average molecular weight is 336 g/mol. The second kappa shape index (κ2) is 6.30. The Morgan fingerprint density at radius 1 is 0.800 bits per heavy atom. The Kier molecular flexibility index (Phi) is 3.98. The van der Waals surface area contributed by atoms with Gasteiger partial charge in [-0.15, -0.1) is 0 Å². The summed E-state index contributed by atoms with van der Waals surface area (Å²) in [6.07, 6.45) is 0. The highest BCUT2D eigenvalue weighted by Crippen LogP contribution is 2.41. The van der Waals surface area contributed by atoms with Crippen molar-refractivity contribution < 1.29 is 18.9 Å². The van der Waals surface area contributed by atoms with E-state index in [2.05, 4.69) is 24.3 Å². The number of fused-ring (bicyclic) bond motifs is 2. The van der Waals surface area contributed by atoms with E-state index in [4.69, 9.17) is 18.9 Å². The van der Waals surface area contributed by atoms with Gasteiger partial charge in [0.1, 0.15) is 5.75 Å². The normalized spacial score (nSPS) is 12.9. The van der Waals surface area contributed by atoms with Gasteiger partial charge in [-0.1, -0.05) is 12.1 Å². The van der Waals surface area contributed by atoms with E-state index >= 15 is 0 Å². The van der Waals surface area contributed by atoms with Crippen LogP contribution >= 0.6 is 0 Å². The topological polar surface area (TPSA) is 36.9 Å². The van der Waals surface area contributed by atoms with Crippen molar-refractivity contribution in [1.29, 1.82) is 0 Å². The van der Waals surface area contributed by atoms with Crippen molar-refractivity contribution in [2.24, 2.45) is 0 Å². The molecule has 128 valence electrons. The van der Waals surface area contributed by atoms with Crippen molar-refractivity contribution in [1.82, 2.24) is 0 Å². The minimum absolute atomic E-state index is 0.617. The van der Waals surface area contributed by atoms with Crippen LogP contribution in [-0.2, 0) is 18.0 Å². The minimum atomic E-state index is 0.617. The summed E-state index contributed by atoms with van der Waals surface area (Å²) >= 11 is 0. The molecule has 1 heterocycles. The molecule has 4 nitrogen and oxygen atoms in total. The molecular formula is C21H20O4. The Labute approximate surface area is 146 Å². The smallest absolute Gasteiger partial charge is 0.161 e. The molecule has 0 atom stereocenters. The zero-order valence-electron chi connectivity index (χ0n) is 14.6. The van der Waals surface area contributed by atoms with Gasteiger partial charge in [0.15, 0.2) is 11.5 Å². The monoisotopic (exact) mass is 336 g/mol. The maximum Gasteiger partial charge on any atom is 0.161 e. The van der Waals surface area contributed by atoms with Crippen LogP contribution in [0.1, 0.15) is 11.1 Å².